The van der Waals surface area contributed by atoms with Crippen LogP contribution in [0.5, 0.6) is 5.75 Å². The molecule has 1 aliphatic heterocycles. The lowest BCUT2D eigenvalue weighted by molar-refractivity contribution is 0.143. The molecule has 6 heteroatoms. The number of hydrogen-bond donors (Lipinski definition) is 2. The quantitative estimate of drug-likeness (QED) is 0.334. The van der Waals surface area contributed by atoms with Crippen LogP contribution in [0, 0.1) is 5.92 Å². The van der Waals surface area contributed by atoms with Crippen LogP contribution >= 0.6 is 24.0 Å². The normalized spacial score (nSPS) is 18.1. The molecule has 0 saturated carbocycles. The zero-order chi connectivity index (χ0) is 18.8. The van der Waals surface area contributed by atoms with Gasteiger partial charge in [0.05, 0.1) is 7.11 Å². The Hall–Kier alpha value is -1.02. The molecule has 0 bridgehead atoms. The van der Waals surface area contributed by atoms with Gasteiger partial charge < -0.3 is 20.3 Å². The summed E-state index contributed by atoms with van der Waals surface area (Å²) in [5.41, 5.74) is 1.30. The van der Waals surface area contributed by atoms with Crippen LogP contribution in [0.4, 0.5) is 0 Å². The Bertz CT molecular complexity index is 548. The average molecular weight is 488 g/mol. The number of nitrogens with one attached hydrogen (secondary N) is 2. The monoisotopic (exact) mass is 488 g/mol. The number of ether oxygens (including phenoxy) is 1. The van der Waals surface area contributed by atoms with E-state index in [0.29, 0.717) is 12.0 Å². The molecule has 27 heavy (non-hydrogen) atoms. The number of guanidine groups is 1. The molecule has 154 valence electrons. The molecule has 0 spiro atoms. The smallest absolute Gasteiger partial charge is 0.191 e. The molecule has 1 heterocycles. The third-order valence-corrected chi connectivity index (χ3v) is 5.00. The molecule has 1 unspecified atom stereocenters. The van der Waals surface area contributed by atoms with Crippen molar-refractivity contribution in [2.45, 2.75) is 46.1 Å². The van der Waals surface area contributed by atoms with Gasteiger partial charge in [-0.3, -0.25) is 4.99 Å². The largest absolute Gasteiger partial charge is 0.497 e. The molecule has 0 aliphatic carbocycles. The maximum absolute atomic E-state index is 5.21. The number of benzene rings is 1. The van der Waals surface area contributed by atoms with Crippen LogP contribution in [0.1, 0.15) is 39.2 Å². The zero-order valence-electron chi connectivity index (χ0n) is 17.3. The van der Waals surface area contributed by atoms with Gasteiger partial charge in [0.25, 0.3) is 0 Å². The minimum atomic E-state index is 0. The molecule has 1 fully saturated rings. The molecule has 1 atom stereocenters. The van der Waals surface area contributed by atoms with E-state index in [2.05, 4.69) is 48.4 Å². The van der Waals surface area contributed by atoms with E-state index in [1.54, 1.807) is 7.11 Å². The van der Waals surface area contributed by atoms with Crippen LogP contribution in [0.15, 0.2) is 29.3 Å². The summed E-state index contributed by atoms with van der Waals surface area (Å²) in [5, 5.41) is 6.83. The van der Waals surface area contributed by atoms with E-state index < -0.39 is 0 Å². The highest BCUT2D eigenvalue weighted by atomic mass is 127. The van der Waals surface area contributed by atoms with E-state index in [0.717, 1.165) is 37.8 Å². The van der Waals surface area contributed by atoms with Crippen molar-refractivity contribution in [3.63, 3.8) is 0 Å². The van der Waals surface area contributed by atoms with Gasteiger partial charge in [-0.15, -0.1) is 24.0 Å². The molecule has 1 aliphatic rings. The predicted octanol–water partition coefficient (Wildman–Crippen LogP) is 3.53. The number of rotatable bonds is 8. The first-order chi connectivity index (χ1) is 12.6. The van der Waals surface area contributed by atoms with Gasteiger partial charge in [-0.2, -0.15) is 0 Å². The second-order valence-corrected chi connectivity index (χ2v) is 7.34. The first-order valence-corrected chi connectivity index (χ1v) is 10.0. The Morgan fingerprint density at radius 3 is 2.63 bits per heavy atom. The summed E-state index contributed by atoms with van der Waals surface area (Å²) >= 11 is 0. The molecule has 1 aromatic carbocycles. The second kappa shape index (κ2) is 13.2. The number of hydrogen-bond acceptors (Lipinski definition) is 3. The topological polar surface area (TPSA) is 48.9 Å². The Morgan fingerprint density at radius 1 is 1.26 bits per heavy atom. The van der Waals surface area contributed by atoms with Gasteiger partial charge in [0.1, 0.15) is 5.75 Å². The molecule has 1 saturated heterocycles. The summed E-state index contributed by atoms with van der Waals surface area (Å²) in [6.45, 7) is 11.8. The Morgan fingerprint density at radius 2 is 2.00 bits per heavy atom. The summed E-state index contributed by atoms with van der Waals surface area (Å²) in [6.07, 6.45) is 3.55. The van der Waals surface area contributed by atoms with Crippen LogP contribution in [0.25, 0.3) is 0 Å². The molecular weight excluding hydrogens is 451 g/mol. The summed E-state index contributed by atoms with van der Waals surface area (Å²) in [4.78, 5) is 7.41. The fourth-order valence-electron chi connectivity index (χ4n) is 3.39. The van der Waals surface area contributed by atoms with Crippen molar-refractivity contribution in [1.82, 2.24) is 15.5 Å². The maximum Gasteiger partial charge on any atom is 0.191 e. The van der Waals surface area contributed by atoms with Crippen molar-refractivity contribution in [3.8, 4) is 5.75 Å². The molecule has 0 amide bonds. The zero-order valence-corrected chi connectivity index (χ0v) is 19.7. The lowest BCUT2D eigenvalue weighted by atomic mass is 9.97. The van der Waals surface area contributed by atoms with E-state index >= 15 is 0 Å². The van der Waals surface area contributed by atoms with E-state index in [1.165, 1.54) is 31.5 Å². The fraction of sp³-hybridized carbons (Fsp3) is 0.667. The number of nitrogens with zero attached hydrogens (tertiary/aromatic N) is 2. The van der Waals surface area contributed by atoms with Crippen LogP contribution in [0.3, 0.4) is 0 Å². The number of methoxy groups -OCH3 is 1. The van der Waals surface area contributed by atoms with Gasteiger partial charge in [0, 0.05) is 32.2 Å². The Labute approximate surface area is 182 Å². The molecule has 2 N–H and O–H groups in total. The van der Waals surface area contributed by atoms with Crippen molar-refractivity contribution < 1.29 is 4.74 Å². The SMILES string of the molecule is CCNC(=NCC1CCCN(C(C)C)C1)NCCc1ccc(OC)cc1.I. The summed E-state index contributed by atoms with van der Waals surface area (Å²) in [5.74, 6) is 2.51. The predicted molar refractivity (Wildman–Crippen MR) is 126 cm³/mol. The van der Waals surface area contributed by atoms with Gasteiger partial charge >= 0.3 is 0 Å². The first-order valence-electron chi connectivity index (χ1n) is 10.0. The summed E-state index contributed by atoms with van der Waals surface area (Å²) < 4.78 is 5.21. The van der Waals surface area contributed by atoms with Crippen LogP contribution in [0.2, 0.25) is 0 Å². The molecular formula is C21H37IN4O. The van der Waals surface area contributed by atoms with E-state index in [4.69, 9.17) is 9.73 Å². The van der Waals surface area contributed by atoms with Gasteiger partial charge in [0.2, 0.25) is 0 Å². The lowest BCUT2D eigenvalue weighted by Gasteiger charge is -2.34. The Balaban J connectivity index is 0.00000364. The molecule has 1 aromatic rings. The first kappa shape index (κ1) is 24.0. The van der Waals surface area contributed by atoms with Crippen LogP contribution in [-0.2, 0) is 6.42 Å². The summed E-state index contributed by atoms with van der Waals surface area (Å²) in [7, 11) is 1.70. The van der Waals surface area contributed by atoms with Crippen molar-refractivity contribution in [1.29, 1.82) is 0 Å². The lowest BCUT2D eigenvalue weighted by Crippen LogP contribution is -2.42. The molecule has 0 aromatic heterocycles. The number of likely N-dealkylation sites (tertiary alicyclic amines) is 1. The van der Waals surface area contributed by atoms with Crippen LogP contribution < -0.4 is 15.4 Å². The fourth-order valence-corrected chi connectivity index (χ4v) is 3.39. The number of piperidine rings is 1. The standard InChI is InChI=1S/C21H36N4O.HI/c1-5-22-21(23-13-12-18-8-10-20(26-4)11-9-18)24-15-19-7-6-14-25(16-19)17(2)3;/h8-11,17,19H,5-7,12-16H2,1-4H3,(H2,22,23,24);1H. The van der Waals surface area contributed by atoms with Gasteiger partial charge in [-0.25, -0.2) is 0 Å². The van der Waals surface area contributed by atoms with Gasteiger partial charge in [0.15, 0.2) is 5.96 Å². The van der Waals surface area contributed by atoms with E-state index in [-0.39, 0.29) is 24.0 Å². The van der Waals surface area contributed by atoms with E-state index in [1.807, 2.05) is 12.1 Å². The van der Waals surface area contributed by atoms with Crippen molar-refractivity contribution in [2.24, 2.45) is 10.9 Å². The third kappa shape index (κ3) is 8.68. The van der Waals surface area contributed by atoms with Crippen molar-refractivity contribution in [3.05, 3.63) is 29.8 Å². The minimum Gasteiger partial charge on any atom is -0.497 e. The highest BCUT2D eigenvalue weighted by molar-refractivity contribution is 14.0. The maximum atomic E-state index is 5.21. The summed E-state index contributed by atoms with van der Waals surface area (Å²) in [6, 6.07) is 8.90. The van der Waals surface area contributed by atoms with Gasteiger partial charge in [-0.1, -0.05) is 12.1 Å². The van der Waals surface area contributed by atoms with Crippen molar-refractivity contribution >= 4 is 29.9 Å². The minimum absolute atomic E-state index is 0. The highest BCUT2D eigenvalue weighted by Gasteiger charge is 2.21. The van der Waals surface area contributed by atoms with Gasteiger partial charge in [-0.05, 0) is 70.2 Å². The molecule has 0 radical (unpaired) electrons. The molecule has 2 rings (SSSR count). The van der Waals surface area contributed by atoms with E-state index in [9.17, 15) is 0 Å². The third-order valence-electron chi connectivity index (χ3n) is 5.00. The number of aliphatic imine (C=N–C) groups is 1. The highest BCUT2D eigenvalue weighted by Crippen LogP contribution is 2.18. The average Bonchev–Trinajstić information content (AvgIpc) is 2.67. The molecule has 5 nitrogen and oxygen atoms in total. The van der Waals surface area contributed by atoms with Crippen LogP contribution in [-0.4, -0.2) is 56.7 Å². The number of halogens is 1. The second-order valence-electron chi connectivity index (χ2n) is 7.34. The Kier molecular flexibility index (Phi) is 11.7. The van der Waals surface area contributed by atoms with Crippen molar-refractivity contribution in [2.75, 3.05) is 39.8 Å².